The first-order valence-corrected chi connectivity index (χ1v) is 5.78. The van der Waals surface area contributed by atoms with E-state index in [0.717, 1.165) is 0 Å². The summed E-state index contributed by atoms with van der Waals surface area (Å²) in [5.74, 6) is 0. The van der Waals surface area contributed by atoms with E-state index in [1.54, 1.807) is 19.1 Å². The highest BCUT2D eigenvalue weighted by Crippen LogP contribution is 2.32. The van der Waals surface area contributed by atoms with Crippen LogP contribution in [0.25, 0.3) is 0 Å². The number of amides is 1. The van der Waals surface area contributed by atoms with Crippen LogP contribution in [-0.4, -0.2) is 57.1 Å². The fourth-order valence-electron chi connectivity index (χ4n) is 2.06. The Labute approximate surface area is 103 Å². The molecule has 1 heterocycles. The molecule has 1 amide bonds. The van der Waals surface area contributed by atoms with E-state index in [4.69, 9.17) is 14.2 Å². The fourth-order valence-corrected chi connectivity index (χ4v) is 2.06. The molecular formula is C12H23NO4. The average molecular weight is 245 g/mol. The molecule has 1 aliphatic heterocycles. The molecule has 0 aromatic carbocycles. The van der Waals surface area contributed by atoms with Crippen LogP contribution in [0.15, 0.2) is 0 Å². The topological polar surface area (TPSA) is 48.0 Å². The van der Waals surface area contributed by atoms with Crippen molar-refractivity contribution in [2.45, 2.75) is 26.4 Å². The van der Waals surface area contributed by atoms with Gasteiger partial charge in [0.15, 0.2) is 0 Å². The smallest absolute Gasteiger partial charge is 0.410 e. The molecule has 100 valence electrons. The molecule has 0 radical (unpaired) electrons. The van der Waals surface area contributed by atoms with Gasteiger partial charge in [0.1, 0.15) is 5.60 Å². The summed E-state index contributed by atoms with van der Waals surface area (Å²) in [6, 6.07) is 0. The van der Waals surface area contributed by atoms with Crippen molar-refractivity contribution in [3.8, 4) is 0 Å². The van der Waals surface area contributed by atoms with E-state index in [-0.39, 0.29) is 11.5 Å². The molecule has 0 N–H and O–H groups in total. The van der Waals surface area contributed by atoms with Crippen LogP contribution in [-0.2, 0) is 14.2 Å². The minimum atomic E-state index is -0.447. The van der Waals surface area contributed by atoms with E-state index in [1.165, 1.54) is 0 Å². The summed E-state index contributed by atoms with van der Waals surface area (Å²) in [6.45, 7) is 8.04. The largest absolute Gasteiger partial charge is 0.444 e. The van der Waals surface area contributed by atoms with Gasteiger partial charge >= 0.3 is 6.09 Å². The number of likely N-dealkylation sites (tertiary alicyclic amines) is 1. The number of carbonyl (C=O) groups is 1. The quantitative estimate of drug-likeness (QED) is 0.753. The van der Waals surface area contributed by atoms with E-state index >= 15 is 0 Å². The zero-order valence-corrected chi connectivity index (χ0v) is 11.4. The summed E-state index contributed by atoms with van der Waals surface area (Å²) in [4.78, 5) is 13.4. The van der Waals surface area contributed by atoms with E-state index < -0.39 is 5.60 Å². The van der Waals surface area contributed by atoms with Crippen LogP contribution in [0.2, 0.25) is 0 Å². The molecule has 5 heteroatoms. The molecule has 5 nitrogen and oxygen atoms in total. The van der Waals surface area contributed by atoms with Crippen LogP contribution in [0.1, 0.15) is 20.8 Å². The van der Waals surface area contributed by atoms with Crippen molar-refractivity contribution in [1.29, 1.82) is 0 Å². The third-order valence-electron chi connectivity index (χ3n) is 2.61. The Balaban J connectivity index is 2.45. The van der Waals surface area contributed by atoms with E-state index in [0.29, 0.717) is 26.3 Å². The lowest BCUT2D eigenvalue weighted by atomic mass is 9.81. The second kappa shape index (κ2) is 5.23. The van der Waals surface area contributed by atoms with Crippen molar-refractivity contribution in [1.82, 2.24) is 4.90 Å². The Hall–Kier alpha value is -0.810. The Morgan fingerprint density at radius 2 is 1.65 bits per heavy atom. The van der Waals surface area contributed by atoms with Gasteiger partial charge in [-0.1, -0.05) is 0 Å². The molecule has 0 bridgehead atoms. The number of methoxy groups -OCH3 is 2. The van der Waals surface area contributed by atoms with Crippen molar-refractivity contribution in [2.24, 2.45) is 5.41 Å². The molecule has 0 aromatic rings. The Bertz CT molecular complexity index is 258. The van der Waals surface area contributed by atoms with Gasteiger partial charge in [-0.15, -0.1) is 0 Å². The second-order valence-corrected chi connectivity index (χ2v) is 5.70. The lowest BCUT2D eigenvalue weighted by molar-refractivity contribution is -0.0944. The van der Waals surface area contributed by atoms with E-state index in [9.17, 15) is 4.79 Å². The number of nitrogens with zero attached hydrogens (tertiary/aromatic N) is 1. The third kappa shape index (κ3) is 3.85. The molecule has 0 saturated carbocycles. The van der Waals surface area contributed by atoms with Crippen LogP contribution < -0.4 is 0 Å². The lowest BCUT2D eigenvalue weighted by Gasteiger charge is -2.49. The van der Waals surface area contributed by atoms with Crippen molar-refractivity contribution in [3.63, 3.8) is 0 Å². The Morgan fingerprint density at radius 1 is 1.18 bits per heavy atom. The predicted octanol–water partition coefficient (Wildman–Crippen LogP) is 1.52. The van der Waals surface area contributed by atoms with Gasteiger partial charge in [-0.05, 0) is 20.8 Å². The molecule has 0 aromatic heterocycles. The van der Waals surface area contributed by atoms with Crippen molar-refractivity contribution in [2.75, 3.05) is 40.5 Å². The molecule has 0 atom stereocenters. The van der Waals surface area contributed by atoms with Crippen LogP contribution in [0.3, 0.4) is 0 Å². The van der Waals surface area contributed by atoms with Gasteiger partial charge in [0, 0.05) is 27.3 Å². The molecule has 0 aliphatic carbocycles. The summed E-state index contributed by atoms with van der Waals surface area (Å²) in [6.07, 6.45) is -0.264. The number of hydrogen-bond acceptors (Lipinski definition) is 4. The standard InChI is InChI=1S/C12H23NO4/c1-11(2,3)17-10(14)13-6-12(7-13,8-15-4)9-16-5/h6-9H2,1-5H3. The first-order chi connectivity index (χ1) is 7.82. The molecule has 1 fully saturated rings. The molecule has 1 aliphatic rings. The van der Waals surface area contributed by atoms with Gasteiger partial charge in [0.2, 0.25) is 0 Å². The summed E-state index contributed by atoms with van der Waals surface area (Å²) >= 11 is 0. The fraction of sp³-hybridized carbons (Fsp3) is 0.917. The van der Waals surface area contributed by atoms with Crippen molar-refractivity contribution in [3.05, 3.63) is 0 Å². The van der Waals surface area contributed by atoms with Crippen molar-refractivity contribution >= 4 is 6.09 Å². The first kappa shape index (κ1) is 14.3. The van der Waals surface area contributed by atoms with Gasteiger partial charge in [-0.2, -0.15) is 0 Å². The second-order valence-electron chi connectivity index (χ2n) is 5.70. The number of carbonyl (C=O) groups excluding carboxylic acids is 1. The highest BCUT2D eigenvalue weighted by atomic mass is 16.6. The maximum absolute atomic E-state index is 11.8. The minimum absolute atomic E-state index is 0.0690. The van der Waals surface area contributed by atoms with E-state index in [1.807, 2.05) is 20.8 Å². The van der Waals surface area contributed by atoms with Crippen LogP contribution in [0.5, 0.6) is 0 Å². The summed E-state index contributed by atoms with van der Waals surface area (Å²) < 4.78 is 15.6. The monoisotopic (exact) mass is 245 g/mol. The number of rotatable bonds is 4. The maximum atomic E-state index is 11.8. The summed E-state index contributed by atoms with van der Waals surface area (Å²) in [7, 11) is 3.32. The highest BCUT2D eigenvalue weighted by Gasteiger charge is 2.46. The molecule has 0 spiro atoms. The molecule has 1 saturated heterocycles. The SMILES string of the molecule is COCC1(COC)CN(C(=O)OC(C)(C)C)C1. The summed E-state index contributed by atoms with van der Waals surface area (Å²) in [5.41, 5.74) is -0.516. The number of ether oxygens (including phenoxy) is 3. The minimum Gasteiger partial charge on any atom is -0.444 e. The third-order valence-corrected chi connectivity index (χ3v) is 2.61. The maximum Gasteiger partial charge on any atom is 0.410 e. The molecular weight excluding hydrogens is 222 g/mol. The van der Waals surface area contributed by atoms with Crippen LogP contribution in [0.4, 0.5) is 4.79 Å². The highest BCUT2D eigenvalue weighted by molar-refractivity contribution is 5.69. The summed E-state index contributed by atoms with van der Waals surface area (Å²) in [5, 5.41) is 0. The average Bonchev–Trinajstić information content (AvgIpc) is 2.10. The zero-order valence-electron chi connectivity index (χ0n) is 11.4. The van der Waals surface area contributed by atoms with Crippen LogP contribution in [0, 0.1) is 5.41 Å². The molecule has 17 heavy (non-hydrogen) atoms. The van der Waals surface area contributed by atoms with Gasteiger partial charge in [-0.3, -0.25) is 0 Å². The molecule has 1 rings (SSSR count). The normalized spacial score (nSPS) is 18.8. The Kier molecular flexibility index (Phi) is 4.38. The number of hydrogen-bond donors (Lipinski definition) is 0. The van der Waals surface area contributed by atoms with Gasteiger partial charge in [-0.25, -0.2) is 4.79 Å². The van der Waals surface area contributed by atoms with Gasteiger partial charge in [0.05, 0.1) is 18.6 Å². The van der Waals surface area contributed by atoms with Crippen LogP contribution >= 0.6 is 0 Å². The molecule has 0 unspecified atom stereocenters. The van der Waals surface area contributed by atoms with Gasteiger partial charge in [0.25, 0.3) is 0 Å². The van der Waals surface area contributed by atoms with E-state index in [2.05, 4.69) is 0 Å². The van der Waals surface area contributed by atoms with Crippen molar-refractivity contribution < 1.29 is 19.0 Å². The van der Waals surface area contributed by atoms with Gasteiger partial charge < -0.3 is 19.1 Å². The first-order valence-electron chi connectivity index (χ1n) is 5.78. The zero-order chi connectivity index (χ0) is 13.1. The predicted molar refractivity (Wildman–Crippen MR) is 64.0 cm³/mol. The Morgan fingerprint density at radius 3 is 2.00 bits per heavy atom. The lowest BCUT2D eigenvalue weighted by Crippen LogP contribution is -2.63.